The molecule has 2 aromatic carbocycles. The molecule has 3 aromatic rings. The van der Waals surface area contributed by atoms with Gasteiger partial charge < -0.3 is 9.72 Å². The second-order valence-electron chi connectivity index (χ2n) is 7.01. The third kappa shape index (κ3) is 3.15. The largest absolute Gasteiger partial charge is 0.497 e. The Kier molecular flexibility index (Phi) is 5.09. The summed E-state index contributed by atoms with van der Waals surface area (Å²) in [5, 5.41) is 0.381. The molecule has 152 valence electrons. The first-order valence-electron chi connectivity index (χ1n) is 9.15. The molecule has 0 saturated carbocycles. The number of benzene rings is 2. The smallest absolute Gasteiger partial charge is 0.248 e. The third-order valence-electron chi connectivity index (χ3n) is 5.38. The van der Waals surface area contributed by atoms with Gasteiger partial charge in [0.1, 0.15) is 11.0 Å². The summed E-state index contributed by atoms with van der Waals surface area (Å²) >= 11 is 11.7. The number of carbonyl (C=O) groups excluding carboxylic acids is 2. The number of amides is 2. The summed E-state index contributed by atoms with van der Waals surface area (Å²) in [6, 6.07) is 14.9. The number of fused-ring (bicyclic) bond motifs is 2. The first kappa shape index (κ1) is 20.0. The second-order valence-corrected chi connectivity index (χ2v) is 10.8. The van der Waals surface area contributed by atoms with E-state index in [1.54, 1.807) is 19.2 Å². The van der Waals surface area contributed by atoms with Gasteiger partial charge in [-0.25, -0.2) is 4.90 Å². The molecule has 0 aliphatic carbocycles. The van der Waals surface area contributed by atoms with Crippen LogP contribution in [0.15, 0.2) is 58.0 Å². The van der Waals surface area contributed by atoms with Crippen LogP contribution in [0.25, 0.3) is 0 Å². The lowest BCUT2D eigenvalue weighted by Crippen LogP contribution is -2.32. The lowest BCUT2D eigenvalue weighted by Gasteiger charge is -2.30. The number of nitrogens with one attached hydrogen (secondary N) is 1. The molecule has 5 nitrogen and oxygen atoms in total. The number of aromatic amines is 1. The number of methoxy groups -OCH3 is 1. The Morgan fingerprint density at radius 3 is 2.43 bits per heavy atom. The Hall–Kier alpha value is -1.94. The van der Waals surface area contributed by atoms with Crippen molar-refractivity contribution in [2.75, 3.05) is 12.0 Å². The fraction of sp³-hybridized carbons (Fsp3) is 0.190. The molecule has 5 rings (SSSR count). The van der Waals surface area contributed by atoms with Crippen LogP contribution in [0.3, 0.4) is 0 Å². The molecule has 1 N–H and O–H groups in total. The number of rotatable bonds is 3. The van der Waals surface area contributed by atoms with Crippen molar-refractivity contribution in [3.8, 4) is 5.75 Å². The predicted octanol–water partition coefficient (Wildman–Crippen LogP) is 5.37. The predicted molar refractivity (Wildman–Crippen MR) is 124 cm³/mol. The van der Waals surface area contributed by atoms with E-state index in [1.807, 2.05) is 36.4 Å². The normalized spacial score (nSPS) is 22.7. The van der Waals surface area contributed by atoms with E-state index >= 15 is 0 Å². The fourth-order valence-corrected chi connectivity index (χ4v) is 7.26. The molecule has 1 saturated heterocycles. The van der Waals surface area contributed by atoms with Gasteiger partial charge in [0.05, 0.1) is 23.7 Å². The Bertz CT molecular complexity index is 1200. The van der Waals surface area contributed by atoms with Gasteiger partial charge in [0, 0.05) is 15.3 Å². The standard InChI is InChI=1S/C21H15BrN2O3S3/c1-27-13-8-2-10(3-9-13)14-15-17(29-18-16(14)30-21(28)23-18)20(26)24(19(15)25)12-6-4-11(22)5-7-12/h2-9,14-15,17H,1H3,(H,23,28)/t14-,15-,17-/m0/s1. The van der Waals surface area contributed by atoms with Crippen molar-refractivity contribution in [1.29, 1.82) is 0 Å². The molecule has 3 heterocycles. The molecule has 2 aliphatic heterocycles. The zero-order valence-electron chi connectivity index (χ0n) is 15.6. The molecule has 1 fully saturated rings. The minimum atomic E-state index is -0.499. The number of thioether (sulfide) groups is 1. The number of H-pyrrole nitrogens is 1. The van der Waals surface area contributed by atoms with Gasteiger partial charge in [-0.15, -0.1) is 11.3 Å². The number of anilines is 1. The maximum Gasteiger partial charge on any atom is 0.248 e. The minimum absolute atomic E-state index is 0.175. The Morgan fingerprint density at radius 2 is 1.77 bits per heavy atom. The molecule has 3 atom stereocenters. The van der Waals surface area contributed by atoms with Gasteiger partial charge in [-0.3, -0.25) is 9.59 Å². The number of carbonyl (C=O) groups is 2. The average Bonchev–Trinajstić information content (AvgIpc) is 3.24. The summed E-state index contributed by atoms with van der Waals surface area (Å²) in [7, 11) is 1.62. The van der Waals surface area contributed by atoms with Crippen molar-refractivity contribution in [3.63, 3.8) is 0 Å². The third-order valence-corrected chi connectivity index (χ3v) is 8.67. The van der Waals surface area contributed by atoms with E-state index in [1.165, 1.54) is 28.0 Å². The number of nitrogens with zero attached hydrogens (tertiary/aromatic N) is 1. The molecule has 2 aliphatic rings. The summed E-state index contributed by atoms with van der Waals surface area (Å²) < 4.78 is 6.82. The second kappa shape index (κ2) is 7.64. The monoisotopic (exact) mass is 518 g/mol. The number of aromatic nitrogens is 1. The van der Waals surface area contributed by atoms with Crippen molar-refractivity contribution in [2.24, 2.45) is 5.92 Å². The number of hydrogen-bond acceptors (Lipinski definition) is 6. The highest BCUT2D eigenvalue weighted by molar-refractivity contribution is 9.10. The van der Waals surface area contributed by atoms with Gasteiger partial charge in [0.25, 0.3) is 0 Å². The van der Waals surface area contributed by atoms with E-state index in [-0.39, 0.29) is 17.7 Å². The summed E-state index contributed by atoms with van der Waals surface area (Å²) in [4.78, 5) is 32.5. The zero-order valence-corrected chi connectivity index (χ0v) is 19.7. The van der Waals surface area contributed by atoms with Gasteiger partial charge in [0.15, 0.2) is 3.95 Å². The minimum Gasteiger partial charge on any atom is -0.497 e. The van der Waals surface area contributed by atoms with Crippen LogP contribution in [0.2, 0.25) is 0 Å². The molecule has 9 heteroatoms. The van der Waals surface area contributed by atoms with Gasteiger partial charge in [0.2, 0.25) is 11.8 Å². The molecule has 1 aromatic heterocycles. The van der Waals surface area contributed by atoms with Crippen LogP contribution in [0.4, 0.5) is 5.69 Å². The van der Waals surface area contributed by atoms with E-state index in [2.05, 4.69) is 20.9 Å². The van der Waals surface area contributed by atoms with Crippen molar-refractivity contribution >= 4 is 68.7 Å². The lowest BCUT2D eigenvalue weighted by molar-refractivity contribution is -0.122. The molecule has 2 amide bonds. The molecule has 0 bridgehead atoms. The quantitative estimate of drug-likeness (QED) is 0.372. The number of thiazole rings is 1. The summed E-state index contributed by atoms with van der Waals surface area (Å²) in [6.45, 7) is 0. The van der Waals surface area contributed by atoms with E-state index in [0.29, 0.717) is 9.64 Å². The van der Waals surface area contributed by atoms with Crippen LogP contribution in [-0.2, 0) is 9.59 Å². The highest BCUT2D eigenvalue weighted by Gasteiger charge is 2.56. The van der Waals surface area contributed by atoms with Crippen LogP contribution >= 0.6 is 51.2 Å². The maximum absolute atomic E-state index is 13.6. The van der Waals surface area contributed by atoms with Crippen LogP contribution in [0, 0.1) is 9.87 Å². The van der Waals surface area contributed by atoms with E-state index < -0.39 is 11.2 Å². The Labute approximate surface area is 194 Å². The summed E-state index contributed by atoms with van der Waals surface area (Å²) in [6.07, 6.45) is 0. The highest BCUT2D eigenvalue weighted by atomic mass is 79.9. The molecular weight excluding hydrogens is 504 g/mol. The number of hydrogen-bond donors (Lipinski definition) is 1. The zero-order chi connectivity index (χ0) is 21.0. The Balaban J connectivity index is 1.63. The van der Waals surface area contributed by atoms with Crippen LogP contribution < -0.4 is 9.64 Å². The number of imide groups is 1. The van der Waals surface area contributed by atoms with Gasteiger partial charge in [-0.1, -0.05) is 39.8 Å². The van der Waals surface area contributed by atoms with Gasteiger partial charge >= 0.3 is 0 Å². The molecular formula is C21H15BrN2O3S3. The molecule has 0 radical (unpaired) electrons. The molecule has 0 spiro atoms. The molecule has 0 unspecified atom stereocenters. The summed E-state index contributed by atoms with van der Waals surface area (Å²) in [5.41, 5.74) is 1.56. The topological polar surface area (TPSA) is 62.4 Å². The average molecular weight is 519 g/mol. The number of ether oxygens (including phenoxy) is 1. The maximum atomic E-state index is 13.6. The molecule has 30 heavy (non-hydrogen) atoms. The first-order chi connectivity index (χ1) is 14.5. The SMILES string of the molecule is COc1ccc([C@@H]2c3sc(=S)[nH]c3S[C@@H]3C(=O)N(c4ccc(Br)cc4)C(=O)[C@@H]23)cc1. The van der Waals surface area contributed by atoms with Crippen molar-refractivity contribution in [3.05, 3.63) is 67.4 Å². The lowest BCUT2D eigenvalue weighted by atomic mass is 9.83. The van der Waals surface area contributed by atoms with Crippen LogP contribution in [-0.4, -0.2) is 29.2 Å². The van der Waals surface area contributed by atoms with E-state index in [9.17, 15) is 9.59 Å². The summed E-state index contributed by atoms with van der Waals surface area (Å²) in [5.74, 6) is -0.356. The van der Waals surface area contributed by atoms with Gasteiger partial charge in [-0.2, -0.15) is 0 Å². The number of halogens is 1. The van der Waals surface area contributed by atoms with E-state index in [4.69, 9.17) is 17.0 Å². The van der Waals surface area contributed by atoms with Crippen LogP contribution in [0.1, 0.15) is 16.4 Å². The van der Waals surface area contributed by atoms with Crippen molar-refractivity contribution in [2.45, 2.75) is 16.2 Å². The van der Waals surface area contributed by atoms with Crippen LogP contribution in [0.5, 0.6) is 5.75 Å². The van der Waals surface area contributed by atoms with Crippen molar-refractivity contribution in [1.82, 2.24) is 4.98 Å². The highest BCUT2D eigenvalue weighted by Crippen LogP contribution is 2.54. The van der Waals surface area contributed by atoms with E-state index in [0.717, 1.165) is 25.7 Å². The van der Waals surface area contributed by atoms with Crippen molar-refractivity contribution < 1.29 is 14.3 Å². The van der Waals surface area contributed by atoms with Gasteiger partial charge in [-0.05, 0) is 54.2 Å². The Morgan fingerprint density at radius 1 is 1.07 bits per heavy atom. The fourth-order valence-electron chi connectivity index (χ4n) is 4.03. The first-order valence-corrected chi connectivity index (χ1v) is 12.0.